The standard InChI is InChI=1S/C19H18N2O4/c1-3-21-11-13-5-4-6-15(16(13)18(21)23)17(22)20-14-9-7-12(8-10-14)19(24)25-2/h4-10H,3,11H2,1-2H3,(H,20,22). The molecule has 3 rings (SSSR count). The Balaban J connectivity index is 1.83. The van der Waals surface area contributed by atoms with E-state index in [1.54, 1.807) is 41.3 Å². The van der Waals surface area contributed by atoms with Crippen LogP contribution < -0.4 is 5.32 Å². The van der Waals surface area contributed by atoms with Crippen molar-refractivity contribution in [3.8, 4) is 0 Å². The molecule has 25 heavy (non-hydrogen) atoms. The molecule has 1 aliphatic heterocycles. The molecule has 0 saturated heterocycles. The molecule has 2 aromatic carbocycles. The van der Waals surface area contributed by atoms with Crippen molar-refractivity contribution in [2.24, 2.45) is 0 Å². The minimum atomic E-state index is -0.441. The van der Waals surface area contributed by atoms with Crippen LogP contribution in [0.2, 0.25) is 0 Å². The molecule has 0 atom stereocenters. The molecule has 6 heteroatoms. The van der Waals surface area contributed by atoms with Gasteiger partial charge in [-0.25, -0.2) is 4.79 Å². The number of benzene rings is 2. The zero-order valence-corrected chi connectivity index (χ0v) is 14.0. The van der Waals surface area contributed by atoms with Gasteiger partial charge in [-0.3, -0.25) is 9.59 Å². The molecule has 2 aromatic rings. The maximum absolute atomic E-state index is 12.6. The highest BCUT2D eigenvalue weighted by molar-refractivity contribution is 6.13. The minimum absolute atomic E-state index is 0.121. The number of methoxy groups -OCH3 is 1. The van der Waals surface area contributed by atoms with E-state index in [0.717, 1.165) is 5.56 Å². The monoisotopic (exact) mass is 338 g/mol. The topological polar surface area (TPSA) is 75.7 Å². The molecular weight excluding hydrogens is 320 g/mol. The lowest BCUT2D eigenvalue weighted by molar-refractivity contribution is 0.0600. The Morgan fingerprint density at radius 2 is 1.88 bits per heavy atom. The molecule has 0 aliphatic carbocycles. The summed E-state index contributed by atoms with van der Waals surface area (Å²) in [7, 11) is 1.31. The number of anilines is 1. The van der Waals surface area contributed by atoms with Crippen LogP contribution >= 0.6 is 0 Å². The van der Waals surface area contributed by atoms with Gasteiger partial charge in [0.25, 0.3) is 11.8 Å². The van der Waals surface area contributed by atoms with Crippen molar-refractivity contribution in [2.75, 3.05) is 19.0 Å². The molecule has 0 bridgehead atoms. The van der Waals surface area contributed by atoms with Crippen molar-refractivity contribution in [1.82, 2.24) is 4.90 Å². The summed E-state index contributed by atoms with van der Waals surface area (Å²) in [5.74, 6) is -0.915. The Bertz CT molecular complexity index is 843. The number of rotatable bonds is 4. The van der Waals surface area contributed by atoms with Crippen LogP contribution in [0.3, 0.4) is 0 Å². The molecule has 0 aromatic heterocycles. The van der Waals surface area contributed by atoms with Gasteiger partial charge in [0, 0.05) is 18.8 Å². The largest absolute Gasteiger partial charge is 0.465 e. The van der Waals surface area contributed by atoms with E-state index in [1.165, 1.54) is 7.11 Å². The lowest BCUT2D eigenvalue weighted by Crippen LogP contribution is -2.24. The van der Waals surface area contributed by atoms with Crippen molar-refractivity contribution in [3.05, 3.63) is 64.7 Å². The van der Waals surface area contributed by atoms with Crippen molar-refractivity contribution >= 4 is 23.5 Å². The summed E-state index contributed by atoms with van der Waals surface area (Å²) >= 11 is 0. The van der Waals surface area contributed by atoms with Gasteiger partial charge in [-0.1, -0.05) is 12.1 Å². The van der Waals surface area contributed by atoms with Gasteiger partial charge >= 0.3 is 5.97 Å². The average molecular weight is 338 g/mol. The Morgan fingerprint density at radius 3 is 2.52 bits per heavy atom. The molecule has 6 nitrogen and oxygen atoms in total. The second kappa shape index (κ2) is 6.76. The van der Waals surface area contributed by atoms with E-state index in [2.05, 4.69) is 10.1 Å². The van der Waals surface area contributed by atoms with Crippen molar-refractivity contribution < 1.29 is 19.1 Å². The summed E-state index contributed by atoms with van der Waals surface area (Å²) in [5, 5.41) is 2.76. The normalized spacial score (nSPS) is 12.7. The number of amides is 2. The first-order chi connectivity index (χ1) is 12.0. The third-order valence-corrected chi connectivity index (χ3v) is 4.20. The first-order valence-electron chi connectivity index (χ1n) is 7.96. The first-order valence-corrected chi connectivity index (χ1v) is 7.96. The van der Waals surface area contributed by atoms with Gasteiger partial charge in [-0.2, -0.15) is 0 Å². The summed E-state index contributed by atoms with van der Waals surface area (Å²) in [6.45, 7) is 3.04. The number of nitrogens with one attached hydrogen (secondary N) is 1. The molecule has 1 heterocycles. The van der Waals surface area contributed by atoms with E-state index in [-0.39, 0.29) is 11.8 Å². The molecule has 1 aliphatic rings. The molecule has 2 amide bonds. The van der Waals surface area contributed by atoms with Crippen LogP contribution in [0.25, 0.3) is 0 Å². The van der Waals surface area contributed by atoms with E-state index in [1.807, 2.05) is 13.0 Å². The summed E-state index contributed by atoms with van der Waals surface area (Å²) < 4.78 is 4.64. The molecular formula is C19H18N2O4. The smallest absolute Gasteiger partial charge is 0.337 e. The van der Waals surface area contributed by atoms with Gasteiger partial charge in [0.1, 0.15) is 0 Å². The van der Waals surface area contributed by atoms with Crippen LogP contribution in [0.4, 0.5) is 5.69 Å². The predicted molar refractivity (Wildman–Crippen MR) is 92.6 cm³/mol. The molecule has 0 spiro atoms. The fourth-order valence-corrected chi connectivity index (χ4v) is 2.87. The number of hydrogen-bond acceptors (Lipinski definition) is 4. The SMILES string of the molecule is CCN1Cc2cccc(C(=O)Nc3ccc(C(=O)OC)cc3)c2C1=O. The van der Waals surface area contributed by atoms with Crippen LogP contribution in [-0.2, 0) is 11.3 Å². The second-order valence-electron chi connectivity index (χ2n) is 5.68. The molecule has 0 saturated carbocycles. The highest BCUT2D eigenvalue weighted by Crippen LogP contribution is 2.26. The van der Waals surface area contributed by atoms with Crippen LogP contribution in [0, 0.1) is 0 Å². The Labute approximate surface area is 145 Å². The molecule has 1 N–H and O–H groups in total. The van der Waals surface area contributed by atoms with Gasteiger partial charge in [0.2, 0.25) is 0 Å². The molecule has 0 fully saturated rings. The van der Waals surface area contributed by atoms with Crippen molar-refractivity contribution in [3.63, 3.8) is 0 Å². The molecule has 0 unspecified atom stereocenters. The quantitative estimate of drug-likeness (QED) is 0.870. The van der Waals surface area contributed by atoms with Crippen molar-refractivity contribution in [2.45, 2.75) is 13.5 Å². The highest BCUT2D eigenvalue weighted by atomic mass is 16.5. The Morgan fingerprint density at radius 1 is 1.16 bits per heavy atom. The van der Waals surface area contributed by atoms with Gasteiger partial charge in [0.05, 0.1) is 23.8 Å². The molecule has 128 valence electrons. The number of carbonyl (C=O) groups is 3. The number of hydrogen-bond donors (Lipinski definition) is 1. The lowest BCUT2D eigenvalue weighted by Gasteiger charge is -2.12. The first kappa shape index (κ1) is 16.7. The third kappa shape index (κ3) is 3.10. The number of nitrogens with zero attached hydrogens (tertiary/aromatic N) is 1. The summed E-state index contributed by atoms with van der Waals surface area (Å²) in [6.07, 6.45) is 0. The zero-order chi connectivity index (χ0) is 18.0. The second-order valence-corrected chi connectivity index (χ2v) is 5.68. The number of fused-ring (bicyclic) bond motifs is 1. The highest BCUT2D eigenvalue weighted by Gasteiger charge is 2.30. The average Bonchev–Trinajstić information content (AvgIpc) is 2.97. The van der Waals surface area contributed by atoms with E-state index in [4.69, 9.17) is 0 Å². The van der Waals surface area contributed by atoms with Gasteiger partial charge in [-0.05, 0) is 42.8 Å². The maximum Gasteiger partial charge on any atom is 0.337 e. The van der Waals surface area contributed by atoms with Crippen molar-refractivity contribution in [1.29, 1.82) is 0 Å². The fraction of sp³-hybridized carbons (Fsp3) is 0.211. The predicted octanol–water partition coefficient (Wildman–Crippen LogP) is 2.70. The Kier molecular flexibility index (Phi) is 4.52. The third-order valence-electron chi connectivity index (χ3n) is 4.20. The summed E-state index contributed by atoms with van der Waals surface area (Å²) in [6, 6.07) is 11.7. The number of esters is 1. The van der Waals surface area contributed by atoms with E-state index in [0.29, 0.717) is 35.5 Å². The summed E-state index contributed by atoms with van der Waals surface area (Å²) in [4.78, 5) is 38.2. The zero-order valence-electron chi connectivity index (χ0n) is 14.0. The summed E-state index contributed by atoms with van der Waals surface area (Å²) in [5.41, 5.74) is 2.62. The van der Waals surface area contributed by atoms with Gasteiger partial charge in [-0.15, -0.1) is 0 Å². The van der Waals surface area contributed by atoms with Gasteiger partial charge < -0.3 is 15.0 Å². The van der Waals surface area contributed by atoms with Crippen LogP contribution in [0.1, 0.15) is 43.6 Å². The molecule has 0 radical (unpaired) electrons. The van der Waals surface area contributed by atoms with E-state index < -0.39 is 5.97 Å². The van der Waals surface area contributed by atoms with Gasteiger partial charge in [0.15, 0.2) is 0 Å². The lowest BCUT2D eigenvalue weighted by atomic mass is 10.0. The minimum Gasteiger partial charge on any atom is -0.465 e. The number of carbonyl (C=O) groups excluding carboxylic acids is 3. The van der Waals surface area contributed by atoms with Crippen LogP contribution in [0.15, 0.2) is 42.5 Å². The maximum atomic E-state index is 12.6. The number of ether oxygens (including phenoxy) is 1. The van der Waals surface area contributed by atoms with Crippen LogP contribution in [-0.4, -0.2) is 36.3 Å². The fourth-order valence-electron chi connectivity index (χ4n) is 2.87. The Hall–Kier alpha value is -3.15. The van der Waals surface area contributed by atoms with Crippen LogP contribution in [0.5, 0.6) is 0 Å². The van der Waals surface area contributed by atoms with E-state index in [9.17, 15) is 14.4 Å². The van der Waals surface area contributed by atoms with E-state index >= 15 is 0 Å².